The SMILES string of the molecule is CCCCCCn1c2ccc(-c3ccccc3)cc2c2cccc(/C=C/c3cccc4c5cc(-c6ccccc6)ccc5n(CCCCCC)c34)c21. The van der Waals surface area contributed by atoms with E-state index in [2.05, 4.69) is 169 Å². The average molecular weight is 679 g/mol. The van der Waals surface area contributed by atoms with Gasteiger partial charge in [-0.15, -0.1) is 0 Å². The lowest BCUT2D eigenvalue weighted by molar-refractivity contribution is 0.602. The summed E-state index contributed by atoms with van der Waals surface area (Å²) in [4.78, 5) is 0. The summed E-state index contributed by atoms with van der Waals surface area (Å²) in [7, 11) is 0. The molecule has 8 aromatic rings. The molecule has 0 aliphatic carbocycles. The molecule has 0 atom stereocenters. The minimum atomic E-state index is 1.03. The van der Waals surface area contributed by atoms with E-state index in [1.165, 1.54) is 128 Å². The van der Waals surface area contributed by atoms with Crippen LogP contribution in [0.25, 0.3) is 78.0 Å². The van der Waals surface area contributed by atoms with Gasteiger partial charge in [-0.3, -0.25) is 0 Å². The molecule has 2 nitrogen and oxygen atoms in total. The zero-order valence-electron chi connectivity index (χ0n) is 30.8. The van der Waals surface area contributed by atoms with Gasteiger partial charge in [0.2, 0.25) is 0 Å². The Hall–Kier alpha value is -5.34. The van der Waals surface area contributed by atoms with Gasteiger partial charge in [-0.05, 0) is 70.5 Å². The Morgan fingerprint density at radius 2 is 0.827 bits per heavy atom. The molecule has 2 heteroatoms. The summed E-state index contributed by atoms with van der Waals surface area (Å²) in [6, 6.07) is 49.5. The first-order valence-corrected chi connectivity index (χ1v) is 19.6. The minimum absolute atomic E-state index is 1.03. The van der Waals surface area contributed by atoms with Crippen molar-refractivity contribution < 1.29 is 0 Å². The summed E-state index contributed by atoms with van der Waals surface area (Å²) in [5.41, 5.74) is 13.0. The van der Waals surface area contributed by atoms with Crippen molar-refractivity contribution in [2.45, 2.75) is 78.3 Å². The first-order chi connectivity index (χ1) is 25.7. The van der Waals surface area contributed by atoms with Crippen molar-refractivity contribution in [1.29, 1.82) is 0 Å². The van der Waals surface area contributed by atoms with Crippen LogP contribution in [-0.2, 0) is 13.1 Å². The Bertz CT molecular complexity index is 2300. The molecule has 0 amide bonds. The van der Waals surface area contributed by atoms with Gasteiger partial charge < -0.3 is 9.13 Å². The van der Waals surface area contributed by atoms with Gasteiger partial charge in [-0.1, -0.05) is 174 Å². The van der Waals surface area contributed by atoms with E-state index in [4.69, 9.17) is 0 Å². The molecule has 0 unspecified atom stereocenters. The van der Waals surface area contributed by atoms with Crippen molar-refractivity contribution in [2.75, 3.05) is 0 Å². The molecule has 2 aromatic heterocycles. The third-order valence-corrected chi connectivity index (χ3v) is 11.0. The van der Waals surface area contributed by atoms with Crippen LogP contribution in [0.1, 0.15) is 76.3 Å². The van der Waals surface area contributed by atoms with Crippen molar-refractivity contribution in [2.24, 2.45) is 0 Å². The fourth-order valence-corrected chi connectivity index (χ4v) is 8.30. The molecule has 2 heterocycles. The molecule has 0 fully saturated rings. The van der Waals surface area contributed by atoms with Crippen LogP contribution in [0, 0.1) is 0 Å². The van der Waals surface area contributed by atoms with Crippen LogP contribution in [0.15, 0.2) is 133 Å². The summed E-state index contributed by atoms with van der Waals surface area (Å²) in [5, 5.41) is 5.35. The highest BCUT2D eigenvalue weighted by atomic mass is 15.0. The van der Waals surface area contributed by atoms with E-state index >= 15 is 0 Å². The molecule has 0 saturated heterocycles. The second-order valence-corrected chi connectivity index (χ2v) is 14.4. The molecule has 0 aliphatic heterocycles. The molecular weight excluding hydrogens is 629 g/mol. The van der Waals surface area contributed by atoms with E-state index in [0.29, 0.717) is 0 Å². The first kappa shape index (κ1) is 33.8. The summed E-state index contributed by atoms with van der Waals surface area (Å²) >= 11 is 0. The van der Waals surface area contributed by atoms with E-state index in [0.717, 1.165) is 13.1 Å². The number of para-hydroxylation sites is 2. The average Bonchev–Trinajstić information content (AvgIpc) is 3.70. The van der Waals surface area contributed by atoms with Gasteiger partial charge in [0.05, 0.1) is 11.0 Å². The fraction of sp³-hybridized carbons (Fsp3) is 0.240. The van der Waals surface area contributed by atoms with Crippen LogP contribution >= 0.6 is 0 Å². The summed E-state index contributed by atoms with van der Waals surface area (Å²) in [6.07, 6.45) is 14.7. The quantitative estimate of drug-likeness (QED) is 0.0800. The zero-order valence-corrected chi connectivity index (χ0v) is 30.8. The third kappa shape index (κ3) is 6.59. The highest BCUT2D eigenvalue weighted by Gasteiger charge is 2.16. The lowest BCUT2D eigenvalue weighted by atomic mass is 10.0. The van der Waals surface area contributed by atoms with Crippen LogP contribution in [0.5, 0.6) is 0 Å². The molecule has 0 radical (unpaired) electrons. The van der Waals surface area contributed by atoms with Crippen molar-refractivity contribution >= 4 is 55.8 Å². The van der Waals surface area contributed by atoms with E-state index in [-0.39, 0.29) is 0 Å². The number of aryl methyl sites for hydroxylation is 2. The zero-order chi connectivity index (χ0) is 35.3. The van der Waals surface area contributed by atoms with Gasteiger partial charge in [0.25, 0.3) is 0 Å². The normalized spacial score (nSPS) is 12.0. The van der Waals surface area contributed by atoms with E-state index < -0.39 is 0 Å². The second-order valence-electron chi connectivity index (χ2n) is 14.4. The van der Waals surface area contributed by atoms with Crippen molar-refractivity contribution in [1.82, 2.24) is 9.13 Å². The molecule has 0 saturated carbocycles. The Morgan fingerprint density at radius 1 is 0.385 bits per heavy atom. The standard InChI is InChI=1S/C50H50N2/c1-3-5-7-15-33-51-47-31-29-41(37-19-11-9-12-20-37)35-45(47)43-25-17-23-39(49(43)51)27-28-40-24-18-26-44-46-36-42(38-21-13-10-14-22-38)30-32-48(46)52(50(40)44)34-16-8-6-4-2/h9-14,17-32,35-36H,3-8,15-16,33-34H2,1-2H3/b28-27+. The van der Waals surface area contributed by atoms with Gasteiger partial charge in [0.1, 0.15) is 0 Å². The minimum Gasteiger partial charge on any atom is -0.340 e. The monoisotopic (exact) mass is 678 g/mol. The summed E-state index contributed by atoms with van der Waals surface area (Å²) < 4.78 is 5.20. The van der Waals surface area contributed by atoms with Crippen LogP contribution in [-0.4, -0.2) is 9.13 Å². The van der Waals surface area contributed by atoms with Gasteiger partial charge in [-0.25, -0.2) is 0 Å². The van der Waals surface area contributed by atoms with Gasteiger partial charge in [-0.2, -0.15) is 0 Å². The third-order valence-electron chi connectivity index (χ3n) is 11.0. The van der Waals surface area contributed by atoms with Crippen LogP contribution in [0.4, 0.5) is 0 Å². The Balaban J connectivity index is 1.26. The van der Waals surface area contributed by atoms with Gasteiger partial charge in [0, 0.05) is 45.7 Å². The molecule has 52 heavy (non-hydrogen) atoms. The van der Waals surface area contributed by atoms with Gasteiger partial charge in [0.15, 0.2) is 0 Å². The van der Waals surface area contributed by atoms with E-state index in [1.54, 1.807) is 0 Å². The highest BCUT2D eigenvalue weighted by molar-refractivity contribution is 6.14. The fourth-order valence-electron chi connectivity index (χ4n) is 8.30. The summed E-state index contributed by atoms with van der Waals surface area (Å²) in [6.45, 7) is 6.64. The van der Waals surface area contributed by atoms with Crippen LogP contribution in [0.2, 0.25) is 0 Å². The molecule has 0 N–H and O–H groups in total. The largest absolute Gasteiger partial charge is 0.340 e. The molecule has 0 aliphatic rings. The first-order valence-electron chi connectivity index (χ1n) is 19.6. The number of benzene rings is 6. The molecule has 0 bridgehead atoms. The second kappa shape index (κ2) is 15.5. The molecule has 6 aromatic carbocycles. The number of fused-ring (bicyclic) bond motifs is 6. The Morgan fingerprint density at radius 3 is 1.25 bits per heavy atom. The Labute approximate surface area is 309 Å². The molecular formula is C50H50N2. The number of nitrogens with zero attached hydrogens (tertiary/aromatic N) is 2. The van der Waals surface area contributed by atoms with Crippen molar-refractivity contribution in [3.63, 3.8) is 0 Å². The van der Waals surface area contributed by atoms with Crippen molar-refractivity contribution in [3.05, 3.63) is 145 Å². The Kier molecular flexibility index (Phi) is 10.1. The predicted octanol–water partition coefficient (Wildman–Crippen LogP) is 14.6. The number of unbranched alkanes of at least 4 members (excludes halogenated alkanes) is 6. The van der Waals surface area contributed by atoms with Crippen LogP contribution < -0.4 is 0 Å². The smallest absolute Gasteiger partial charge is 0.0564 e. The van der Waals surface area contributed by atoms with Crippen LogP contribution in [0.3, 0.4) is 0 Å². The van der Waals surface area contributed by atoms with Gasteiger partial charge >= 0.3 is 0 Å². The van der Waals surface area contributed by atoms with E-state index in [1.807, 2.05) is 0 Å². The maximum Gasteiger partial charge on any atom is 0.0564 e. The lowest BCUT2D eigenvalue weighted by Gasteiger charge is -2.11. The maximum atomic E-state index is 2.60. The predicted molar refractivity (Wildman–Crippen MR) is 227 cm³/mol. The number of hydrogen-bond acceptors (Lipinski definition) is 0. The molecule has 260 valence electrons. The summed E-state index contributed by atoms with van der Waals surface area (Å²) in [5.74, 6) is 0. The molecule has 8 rings (SSSR count). The maximum absolute atomic E-state index is 2.60. The topological polar surface area (TPSA) is 9.86 Å². The number of rotatable bonds is 14. The molecule has 0 spiro atoms. The van der Waals surface area contributed by atoms with Crippen molar-refractivity contribution in [3.8, 4) is 22.3 Å². The lowest BCUT2D eigenvalue weighted by Crippen LogP contribution is -1.99. The number of hydrogen-bond donors (Lipinski definition) is 0. The number of aromatic nitrogens is 2. The highest BCUT2D eigenvalue weighted by Crippen LogP contribution is 2.38. The van der Waals surface area contributed by atoms with E-state index in [9.17, 15) is 0 Å².